The molecule has 1 aromatic carbocycles. The van der Waals surface area contributed by atoms with Gasteiger partial charge in [0.15, 0.2) is 11.5 Å². The summed E-state index contributed by atoms with van der Waals surface area (Å²) in [4.78, 5) is 0. The highest BCUT2D eigenvalue weighted by molar-refractivity contribution is 5.45. The van der Waals surface area contributed by atoms with Gasteiger partial charge in [0.2, 0.25) is 0 Å². The van der Waals surface area contributed by atoms with Gasteiger partial charge < -0.3 is 14.8 Å². The van der Waals surface area contributed by atoms with Crippen molar-refractivity contribution in [1.29, 1.82) is 0 Å². The molecule has 1 N–H and O–H groups in total. The van der Waals surface area contributed by atoms with E-state index in [1.165, 1.54) is 19.6 Å². The molecule has 20 heavy (non-hydrogen) atoms. The number of hydrogen-bond acceptors (Lipinski definition) is 3. The highest BCUT2D eigenvalue weighted by atomic mass is 19.1. The van der Waals surface area contributed by atoms with E-state index in [9.17, 15) is 4.39 Å². The van der Waals surface area contributed by atoms with E-state index in [0.29, 0.717) is 23.0 Å². The molecule has 0 spiro atoms. The van der Waals surface area contributed by atoms with Gasteiger partial charge in [0.25, 0.3) is 0 Å². The third-order valence-corrected chi connectivity index (χ3v) is 4.07. The third kappa shape index (κ3) is 3.06. The minimum absolute atomic E-state index is 0.0727. The zero-order valence-corrected chi connectivity index (χ0v) is 12.5. The molecule has 2 rings (SSSR count). The van der Waals surface area contributed by atoms with E-state index >= 15 is 0 Å². The molecule has 1 atom stereocenters. The van der Waals surface area contributed by atoms with E-state index < -0.39 is 0 Å². The average molecular weight is 281 g/mol. The van der Waals surface area contributed by atoms with Crippen molar-refractivity contribution < 1.29 is 13.9 Å². The molecule has 4 heteroatoms. The Bertz CT molecular complexity index is 446. The van der Waals surface area contributed by atoms with Crippen LogP contribution < -0.4 is 14.8 Å². The Kier molecular flexibility index (Phi) is 5.24. The highest BCUT2D eigenvalue weighted by Crippen LogP contribution is 2.41. The summed E-state index contributed by atoms with van der Waals surface area (Å²) in [6, 6.07) is 3.27. The first-order valence-electron chi connectivity index (χ1n) is 7.36. The first-order valence-corrected chi connectivity index (χ1v) is 7.36. The summed E-state index contributed by atoms with van der Waals surface area (Å²) in [6.07, 6.45) is 4.60. The minimum Gasteiger partial charge on any atom is -0.493 e. The molecular formula is C16H24FNO2. The lowest BCUT2D eigenvalue weighted by atomic mass is 9.77. The number of methoxy groups -OCH3 is 2. The lowest BCUT2D eigenvalue weighted by Crippen LogP contribution is -2.33. The van der Waals surface area contributed by atoms with E-state index in [1.807, 2.05) is 0 Å². The second-order valence-corrected chi connectivity index (χ2v) is 5.35. The molecule has 1 saturated carbocycles. The van der Waals surface area contributed by atoms with Crippen molar-refractivity contribution in [2.45, 2.75) is 38.6 Å². The molecule has 0 radical (unpaired) electrons. The SMILES string of the molecule is CCCNC(c1cc(OC)c(OC)cc1F)C1CCC1. The van der Waals surface area contributed by atoms with Crippen LogP contribution in [0, 0.1) is 11.7 Å². The first-order chi connectivity index (χ1) is 9.71. The van der Waals surface area contributed by atoms with Crippen LogP contribution in [0.5, 0.6) is 11.5 Å². The predicted molar refractivity (Wildman–Crippen MR) is 77.9 cm³/mol. The van der Waals surface area contributed by atoms with Crippen molar-refractivity contribution in [3.8, 4) is 11.5 Å². The zero-order valence-electron chi connectivity index (χ0n) is 12.5. The van der Waals surface area contributed by atoms with E-state index in [4.69, 9.17) is 9.47 Å². The second kappa shape index (κ2) is 6.93. The maximum atomic E-state index is 14.4. The van der Waals surface area contributed by atoms with Crippen LogP contribution in [0.15, 0.2) is 12.1 Å². The lowest BCUT2D eigenvalue weighted by Gasteiger charge is -2.35. The number of benzene rings is 1. The van der Waals surface area contributed by atoms with E-state index in [-0.39, 0.29) is 11.9 Å². The van der Waals surface area contributed by atoms with Gasteiger partial charge in [0.1, 0.15) is 5.82 Å². The fourth-order valence-electron chi connectivity index (χ4n) is 2.71. The van der Waals surface area contributed by atoms with Crippen molar-refractivity contribution in [2.24, 2.45) is 5.92 Å². The molecule has 0 saturated heterocycles. The van der Waals surface area contributed by atoms with Gasteiger partial charge in [-0.3, -0.25) is 0 Å². The smallest absolute Gasteiger partial charge is 0.163 e. The summed E-state index contributed by atoms with van der Waals surface area (Å²) in [7, 11) is 3.10. The van der Waals surface area contributed by atoms with Gasteiger partial charge in [-0.15, -0.1) is 0 Å². The Morgan fingerprint density at radius 1 is 1.25 bits per heavy atom. The molecule has 0 aliphatic heterocycles. The Morgan fingerprint density at radius 2 is 1.90 bits per heavy atom. The Balaban J connectivity index is 2.31. The van der Waals surface area contributed by atoms with Crippen molar-refractivity contribution in [3.05, 3.63) is 23.5 Å². The van der Waals surface area contributed by atoms with Crippen LogP contribution in [0.25, 0.3) is 0 Å². The molecule has 0 bridgehead atoms. The van der Waals surface area contributed by atoms with E-state index in [1.54, 1.807) is 13.2 Å². The van der Waals surface area contributed by atoms with Gasteiger partial charge in [-0.2, -0.15) is 0 Å². The quantitative estimate of drug-likeness (QED) is 0.827. The number of halogens is 1. The summed E-state index contributed by atoms with van der Waals surface area (Å²) < 4.78 is 24.8. The van der Waals surface area contributed by atoms with Crippen molar-refractivity contribution in [1.82, 2.24) is 5.32 Å². The van der Waals surface area contributed by atoms with Crippen LogP contribution in [0.3, 0.4) is 0 Å². The third-order valence-electron chi connectivity index (χ3n) is 4.07. The molecule has 0 heterocycles. The van der Waals surface area contributed by atoms with Crippen LogP contribution >= 0.6 is 0 Å². The first kappa shape index (κ1) is 15.1. The van der Waals surface area contributed by atoms with Crippen molar-refractivity contribution in [3.63, 3.8) is 0 Å². The van der Waals surface area contributed by atoms with E-state index in [2.05, 4.69) is 12.2 Å². The molecule has 0 amide bonds. The van der Waals surface area contributed by atoms with E-state index in [0.717, 1.165) is 25.8 Å². The fourth-order valence-corrected chi connectivity index (χ4v) is 2.71. The van der Waals surface area contributed by atoms with Crippen LogP contribution in [-0.2, 0) is 0 Å². The second-order valence-electron chi connectivity index (χ2n) is 5.35. The van der Waals surface area contributed by atoms with Crippen molar-refractivity contribution >= 4 is 0 Å². The molecule has 1 aliphatic carbocycles. The molecule has 1 aliphatic rings. The molecule has 112 valence electrons. The summed E-state index contributed by atoms with van der Waals surface area (Å²) in [5.41, 5.74) is 0.695. The average Bonchev–Trinajstić information content (AvgIpc) is 2.41. The minimum atomic E-state index is -0.219. The van der Waals surface area contributed by atoms with Gasteiger partial charge in [-0.1, -0.05) is 13.3 Å². The molecular weight excluding hydrogens is 257 g/mol. The Morgan fingerprint density at radius 3 is 2.40 bits per heavy atom. The van der Waals surface area contributed by atoms with Crippen LogP contribution in [0.4, 0.5) is 4.39 Å². The predicted octanol–water partition coefficient (Wildman–Crippen LogP) is 3.68. The Labute approximate surface area is 120 Å². The van der Waals surface area contributed by atoms with Gasteiger partial charge in [-0.25, -0.2) is 4.39 Å². The van der Waals surface area contributed by atoms with Gasteiger partial charge >= 0.3 is 0 Å². The lowest BCUT2D eigenvalue weighted by molar-refractivity contribution is 0.226. The monoisotopic (exact) mass is 281 g/mol. The molecule has 0 aromatic heterocycles. The van der Waals surface area contributed by atoms with Crippen LogP contribution in [0.1, 0.15) is 44.2 Å². The summed E-state index contributed by atoms with van der Waals surface area (Å²) in [6.45, 7) is 3.02. The van der Waals surface area contributed by atoms with Crippen molar-refractivity contribution in [2.75, 3.05) is 20.8 Å². The molecule has 1 fully saturated rings. The Hall–Kier alpha value is -1.29. The summed E-state index contributed by atoms with van der Waals surface area (Å²) in [5, 5.41) is 3.48. The highest BCUT2D eigenvalue weighted by Gasteiger charge is 2.30. The van der Waals surface area contributed by atoms with Crippen LogP contribution in [0.2, 0.25) is 0 Å². The zero-order chi connectivity index (χ0) is 14.5. The standard InChI is InChI=1S/C16H24FNO2/c1-4-8-18-16(11-6-5-7-11)12-9-14(19-2)15(20-3)10-13(12)17/h9-11,16,18H,4-8H2,1-3H3. The number of ether oxygens (including phenoxy) is 2. The molecule has 3 nitrogen and oxygen atoms in total. The van der Waals surface area contributed by atoms with Crippen LogP contribution in [-0.4, -0.2) is 20.8 Å². The maximum absolute atomic E-state index is 14.4. The summed E-state index contributed by atoms with van der Waals surface area (Å²) in [5.74, 6) is 1.33. The normalized spacial score (nSPS) is 16.6. The number of rotatable bonds is 7. The number of nitrogens with one attached hydrogen (secondary N) is 1. The topological polar surface area (TPSA) is 30.5 Å². The summed E-state index contributed by atoms with van der Waals surface area (Å²) >= 11 is 0. The molecule has 1 unspecified atom stereocenters. The van der Waals surface area contributed by atoms with Gasteiger partial charge in [0, 0.05) is 17.7 Å². The van der Waals surface area contributed by atoms with Gasteiger partial charge in [-0.05, 0) is 37.8 Å². The number of hydrogen-bond donors (Lipinski definition) is 1. The maximum Gasteiger partial charge on any atom is 0.163 e. The van der Waals surface area contributed by atoms with Gasteiger partial charge in [0.05, 0.1) is 14.2 Å². The molecule has 1 aromatic rings. The largest absolute Gasteiger partial charge is 0.493 e. The fraction of sp³-hybridized carbons (Fsp3) is 0.625.